The first-order valence-corrected chi connectivity index (χ1v) is 6.71. The van der Waals surface area contributed by atoms with E-state index in [2.05, 4.69) is 44.3 Å². The van der Waals surface area contributed by atoms with Gasteiger partial charge in [0.05, 0.1) is 0 Å². The summed E-state index contributed by atoms with van der Waals surface area (Å²) in [6.45, 7) is 7.23. The second kappa shape index (κ2) is 6.39. The van der Waals surface area contributed by atoms with Gasteiger partial charge >= 0.3 is 0 Å². The van der Waals surface area contributed by atoms with Crippen molar-refractivity contribution in [2.24, 2.45) is 0 Å². The Labute approximate surface area is 115 Å². The van der Waals surface area contributed by atoms with Crippen LogP contribution in [0, 0.1) is 6.92 Å². The van der Waals surface area contributed by atoms with Gasteiger partial charge in [-0.3, -0.25) is 0 Å². The van der Waals surface area contributed by atoms with Crippen molar-refractivity contribution in [3.63, 3.8) is 0 Å². The molecule has 19 heavy (non-hydrogen) atoms. The molecule has 0 spiro atoms. The maximum absolute atomic E-state index is 5.93. The van der Waals surface area contributed by atoms with Crippen molar-refractivity contribution in [3.05, 3.63) is 59.7 Å². The average Bonchev–Trinajstić information content (AvgIpc) is 2.41. The molecule has 0 aromatic heterocycles. The van der Waals surface area contributed by atoms with Crippen molar-refractivity contribution in [2.75, 3.05) is 0 Å². The van der Waals surface area contributed by atoms with Gasteiger partial charge in [-0.1, -0.05) is 44.2 Å². The summed E-state index contributed by atoms with van der Waals surface area (Å²) >= 11 is 0. The summed E-state index contributed by atoms with van der Waals surface area (Å²) in [6, 6.07) is 16.7. The second-order valence-electron chi connectivity index (χ2n) is 5.05. The fourth-order valence-corrected chi connectivity index (χ4v) is 1.80. The molecule has 0 fully saturated rings. The molecule has 0 aliphatic carbocycles. The molecule has 0 saturated heterocycles. The third kappa shape index (κ3) is 4.11. The van der Waals surface area contributed by atoms with E-state index in [0.29, 0.717) is 6.04 Å². The van der Waals surface area contributed by atoms with Crippen LogP contribution in [0.2, 0.25) is 0 Å². The van der Waals surface area contributed by atoms with Gasteiger partial charge in [0.1, 0.15) is 11.5 Å². The summed E-state index contributed by atoms with van der Waals surface area (Å²) in [5.41, 5.74) is 2.39. The van der Waals surface area contributed by atoms with Crippen LogP contribution >= 0.6 is 0 Å². The lowest BCUT2D eigenvalue weighted by Gasteiger charge is -2.12. The quantitative estimate of drug-likeness (QED) is 0.860. The molecule has 0 heterocycles. The van der Waals surface area contributed by atoms with Gasteiger partial charge in [0, 0.05) is 12.6 Å². The van der Waals surface area contributed by atoms with Crippen molar-refractivity contribution in [3.8, 4) is 11.5 Å². The maximum Gasteiger partial charge on any atom is 0.130 e. The van der Waals surface area contributed by atoms with E-state index in [-0.39, 0.29) is 0 Å². The average molecular weight is 255 g/mol. The molecule has 0 aliphatic heterocycles. The van der Waals surface area contributed by atoms with E-state index < -0.39 is 0 Å². The Hall–Kier alpha value is -1.80. The van der Waals surface area contributed by atoms with Crippen LogP contribution in [0.25, 0.3) is 0 Å². The van der Waals surface area contributed by atoms with Gasteiger partial charge in [-0.15, -0.1) is 0 Å². The summed E-state index contributed by atoms with van der Waals surface area (Å²) in [5, 5.41) is 3.42. The molecule has 0 unspecified atom stereocenters. The molecule has 0 aliphatic rings. The number of benzene rings is 2. The molecule has 2 aromatic rings. The van der Waals surface area contributed by atoms with Crippen molar-refractivity contribution in [2.45, 2.75) is 33.4 Å². The number of rotatable bonds is 5. The van der Waals surface area contributed by atoms with Gasteiger partial charge in [0.2, 0.25) is 0 Å². The number of ether oxygens (including phenoxy) is 1. The topological polar surface area (TPSA) is 21.3 Å². The fourth-order valence-electron chi connectivity index (χ4n) is 1.80. The molecule has 2 aromatic carbocycles. The molecule has 100 valence electrons. The Morgan fingerprint density at radius 1 is 1.05 bits per heavy atom. The van der Waals surface area contributed by atoms with E-state index in [0.717, 1.165) is 23.6 Å². The standard InChI is InChI=1S/C17H21NO/c1-13(2)18-12-15-10-9-14(3)17(11-15)19-16-7-5-4-6-8-16/h4-11,13,18H,12H2,1-3H3. The van der Waals surface area contributed by atoms with Crippen LogP contribution in [-0.4, -0.2) is 6.04 Å². The third-order valence-electron chi connectivity index (χ3n) is 2.94. The highest BCUT2D eigenvalue weighted by molar-refractivity contribution is 5.40. The molecule has 0 amide bonds. The van der Waals surface area contributed by atoms with E-state index in [1.807, 2.05) is 30.3 Å². The minimum atomic E-state index is 0.486. The van der Waals surface area contributed by atoms with Gasteiger partial charge in [-0.05, 0) is 36.2 Å². The summed E-state index contributed by atoms with van der Waals surface area (Å²) in [4.78, 5) is 0. The first-order chi connectivity index (χ1) is 9.15. The minimum absolute atomic E-state index is 0.486. The molecular weight excluding hydrogens is 234 g/mol. The normalized spacial score (nSPS) is 10.7. The van der Waals surface area contributed by atoms with Gasteiger partial charge in [0.25, 0.3) is 0 Å². The van der Waals surface area contributed by atoms with E-state index in [1.165, 1.54) is 5.56 Å². The van der Waals surface area contributed by atoms with Crippen LogP contribution < -0.4 is 10.1 Å². The van der Waals surface area contributed by atoms with Crippen molar-refractivity contribution in [1.29, 1.82) is 0 Å². The zero-order valence-corrected chi connectivity index (χ0v) is 11.8. The first-order valence-electron chi connectivity index (χ1n) is 6.71. The fraction of sp³-hybridized carbons (Fsp3) is 0.294. The van der Waals surface area contributed by atoms with Crippen LogP contribution in [0.1, 0.15) is 25.0 Å². The summed E-state index contributed by atoms with van der Waals surface area (Å²) < 4.78 is 5.93. The zero-order valence-electron chi connectivity index (χ0n) is 11.8. The van der Waals surface area contributed by atoms with Crippen molar-refractivity contribution in [1.82, 2.24) is 5.32 Å². The first kappa shape index (κ1) is 13.6. The molecule has 0 radical (unpaired) electrons. The zero-order chi connectivity index (χ0) is 13.7. The number of hydrogen-bond acceptors (Lipinski definition) is 2. The molecule has 0 bridgehead atoms. The van der Waals surface area contributed by atoms with Gasteiger partial charge < -0.3 is 10.1 Å². The number of hydrogen-bond donors (Lipinski definition) is 1. The largest absolute Gasteiger partial charge is 0.457 e. The van der Waals surface area contributed by atoms with Crippen LogP contribution in [0.15, 0.2) is 48.5 Å². The maximum atomic E-state index is 5.93. The number of nitrogens with one attached hydrogen (secondary N) is 1. The van der Waals surface area contributed by atoms with Gasteiger partial charge in [-0.2, -0.15) is 0 Å². The number of para-hydroxylation sites is 1. The molecular formula is C17H21NO. The Morgan fingerprint density at radius 3 is 2.47 bits per heavy atom. The summed E-state index contributed by atoms with van der Waals surface area (Å²) in [6.07, 6.45) is 0. The summed E-state index contributed by atoms with van der Waals surface area (Å²) in [7, 11) is 0. The molecule has 1 N–H and O–H groups in total. The lowest BCUT2D eigenvalue weighted by Crippen LogP contribution is -2.21. The summed E-state index contributed by atoms with van der Waals surface area (Å²) in [5.74, 6) is 1.80. The SMILES string of the molecule is Cc1ccc(CNC(C)C)cc1Oc1ccccc1. The highest BCUT2D eigenvalue weighted by Gasteiger charge is 2.03. The second-order valence-corrected chi connectivity index (χ2v) is 5.05. The highest BCUT2D eigenvalue weighted by Crippen LogP contribution is 2.25. The van der Waals surface area contributed by atoms with Crippen LogP contribution in [0.5, 0.6) is 11.5 Å². The predicted octanol–water partition coefficient (Wildman–Crippen LogP) is 4.29. The lowest BCUT2D eigenvalue weighted by atomic mass is 10.1. The molecule has 2 rings (SSSR count). The third-order valence-corrected chi connectivity index (χ3v) is 2.94. The van der Waals surface area contributed by atoms with Crippen molar-refractivity contribution >= 4 is 0 Å². The Balaban J connectivity index is 2.13. The van der Waals surface area contributed by atoms with E-state index in [4.69, 9.17) is 4.74 Å². The minimum Gasteiger partial charge on any atom is -0.457 e. The smallest absolute Gasteiger partial charge is 0.130 e. The van der Waals surface area contributed by atoms with Crippen LogP contribution in [-0.2, 0) is 6.54 Å². The molecule has 0 saturated carbocycles. The van der Waals surface area contributed by atoms with E-state index in [9.17, 15) is 0 Å². The Morgan fingerprint density at radius 2 is 1.79 bits per heavy atom. The van der Waals surface area contributed by atoms with Gasteiger partial charge in [-0.25, -0.2) is 0 Å². The van der Waals surface area contributed by atoms with Crippen molar-refractivity contribution < 1.29 is 4.74 Å². The molecule has 0 atom stereocenters. The Bertz CT molecular complexity index is 520. The van der Waals surface area contributed by atoms with E-state index in [1.54, 1.807) is 0 Å². The van der Waals surface area contributed by atoms with E-state index >= 15 is 0 Å². The molecule has 2 heteroatoms. The lowest BCUT2D eigenvalue weighted by molar-refractivity contribution is 0.477. The van der Waals surface area contributed by atoms with Crippen LogP contribution in [0.4, 0.5) is 0 Å². The highest BCUT2D eigenvalue weighted by atomic mass is 16.5. The van der Waals surface area contributed by atoms with Gasteiger partial charge in [0.15, 0.2) is 0 Å². The van der Waals surface area contributed by atoms with Crippen LogP contribution in [0.3, 0.4) is 0 Å². The predicted molar refractivity (Wildman–Crippen MR) is 79.7 cm³/mol. The molecule has 2 nitrogen and oxygen atoms in total. The number of aryl methyl sites for hydroxylation is 1. The monoisotopic (exact) mass is 255 g/mol. The Kier molecular flexibility index (Phi) is 4.58.